The number of nitrogens with one attached hydrogen (secondary N) is 1. The molecule has 120 valence electrons. The molecule has 4 nitrogen and oxygen atoms in total. The molecule has 0 aliphatic carbocycles. The summed E-state index contributed by atoms with van der Waals surface area (Å²) in [5.41, 5.74) is 3.32. The molecule has 0 fully saturated rings. The number of anilines is 2. The predicted molar refractivity (Wildman–Crippen MR) is 93.6 cm³/mol. The smallest absolute Gasteiger partial charge is 0.226 e. The minimum absolute atomic E-state index is 0.164. The van der Waals surface area contributed by atoms with E-state index in [1.54, 1.807) is 0 Å². The molecule has 2 heterocycles. The first-order valence-corrected chi connectivity index (χ1v) is 8.20. The van der Waals surface area contributed by atoms with Crippen molar-refractivity contribution >= 4 is 17.4 Å². The number of nitrogens with zero attached hydrogens (tertiary/aromatic N) is 2. The Bertz CT molecular complexity index is 696. The molecule has 0 saturated heterocycles. The van der Waals surface area contributed by atoms with E-state index in [-0.39, 0.29) is 18.0 Å². The highest BCUT2D eigenvalue weighted by atomic mass is 16.2. The maximum absolute atomic E-state index is 12.3. The number of benzene rings is 1. The fourth-order valence-corrected chi connectivity index (χ4v) is 3.23. The number of hydrogen-bond donors (Lipinski definition) is 1. The number of para-hydroxylation sites is 1. The third kappa shape index (κ3) is 3.07. The maximum Gasteiger partial charge on any atom is 0.226 e. The van der Waals surface area contributed by atoms with E-state index in [1.165, 1.54) is 0 Å². The van der Waals surface area contributed by atoms with Gasteiger partial charge < -0.3 is 10.2 Å². The van der Waals surface area contributed by atoms with Crippen molar-refractivity contribution in [3.63, 3.8) is 0 Å². The Hall–Kier alpha value is -2.36. The molecular weight excluding hydrogens is 286 g/mol. The molecule has 0 saturated carbocycles. The number of carbonyl (C=O) groups is 1. The fraction of sp³-hybridized carbons (Fsp3) is 0.368. The van der Waals surface area contributed by atoms with Crippen molar-refractivity contribution in [3.05, 3.63) is 53.7 Å². The van der Waals surface area contributed by atoms with Crippen LogP contribution < -0.4 is 10.2 Å². The summed E-state index contributed by atoms with van der Waals surface area (Å²) >= 11 is 0. The summed E-state index contributed by atoms with van der Waals surface area (Å²) in [5.74, 6) is 1.05. The van der Waals surface area contributed by atoms with Gasteiger partial charge in [-0.3, -0.25) is 4.79 Å². The van der Waals surface area contributed by atoms with Gasteiger partial charge in [0.05, 0.1) is 6.04 Å². The average molecular weight is 309 g/mol. The first-order chi connectivity index (χ1) is 11.1. The van der Waals surface area contributed by atoms with Gasteiger partial charge in [0.2, 0.25) is 5.91 Å². The molecule has 2 aromatic rings. The summed E-state index contributed by atoms with van der Waals surface area (Å²) in [6.07, 6.45) is 3.27. The Morgan fingerprint density at radius 2 is 2.09 bits per heavy atom. The number of aryl methyl sites for hydroxylation is 1. The van der Waals surface area contributed by atoms with Crippen LogP contribution in [0.5, 0.6) is 0 Å². The van der Waals surface area contributed by atoms with E-state index in [2.05, 4.69) is 29.4 Å². The highest BCUT2D eigenvalue weighted by Crippen LogP contribution is 2.38. The van der Waals surface area contributed by atoms with Crippen LogP contribution in [0.2, 0.25) is 0 Å². The third-order valence-electron chi connectivity index (χ3n) is 4.39. The topological polar surface area (TPSA) is 45.2 Å². The van der Waals surface area contributed by atoms with Gasteiger partial charge in [0.15, 0.2) is 0 Å². The number of aromatic nitrogens is 1. The summed E-state index contributed by atoms with van der Waals surface area (Å²) in [6.45, 7) is 6.06. The molecule has 0 unspecified atom stereocenters. The van der Waals surface area contributed by atoms with Gasteiger partial charge in [0.1, 0.15) is 5.82 Å². The lowest BCUT2D eigenvalue weighted by Gasteiger charge is -2.39. The van der Waals surface area contributed by atoms with Crippen LogP contribution in [0, 0.1) is 6.92 Å². The standard InChI is InChI=1S/C19H23N3O/c1-4-19(23)22-14(3)11-16(15-7-5-6-8-17(15)22)21-18-10-9-13(2)12-20-18/h5-10,12,14,16H,4,11H2,1-3H3,(H,20,21)/t14-,16+/m0/s1. The Morgan fingerprint density at radius 1 is 1.30 bits per heavy atom. The van der Waals surface area contributed by atoms with Crippen molar-refractivity contribution in [2.45, 2.75) is 45.7 Å². The van der Waals surface area contributed by atoms with Crippen LogP contribution in [-0.4, -0.2) is 16.9 Å². The van der Waals surface area contributed by atoms with E-state index >= 15 is 0 Å². The minimum Gasteiger partial charge on any atom is -0.363 e. The number of carbonyl (C=O) groups excluding carboxylic acids is 1. The summed E-state index contributed by atoms with van der Waals surface area (Å²) in [6, 6.07) is 12.6. The number of hydrogen-bond acceptors (Lipinski definition) is 3. The predicted octanol–water partition coefficient (Wildman–Crippen LogP) is 4.08. The normalized spacial score (nSPS) is 20.0. The molecule has 4 heteroatoms. The summed E-state index contributed by atoms with van der Waals surface area (Å²) < 4.78 is 0. The van der Waals surface area contributed by atoms with E-state index in [9.17, 15) is 4.79 Å². The zero-order chi connectivity index (χ0) is 16.4. The number of fused-ring (bicyclic) bond motifs is 1. The van der Waals surface area contributed by atoms with Crippen LogP contribution >= 0.6 is 0 Å². The van der Waals surface area contributed by atoms with E-state index in [1.807, 2.05) is 49.2 Å². The first kappa shape index (κ1) is 15.5. The van der Waals surface area contributed by atoms with E-state index in [4.69, 9.17) is 0 Å². The average Bonchev–Trinajstić information content (AvgIpc) is 2.56. The van der Waals surface area contributed by atoms with Gasteiger partial charge in [-0.15, -0.1) is 0 Å². The number of amides is 1. The Morgan fingerprint density at radius 3 is 2.78 bits per heavy atom. The Balaban J connectivity index is 1.93. The van der Waals surface area contributed by atoms with Gasteiger partial charge in [0, 0.05) is 24.3 Å². The minimum atomic E-state index is 0.164. The molecule has 1 aliphatic heterocycles. The Kier molecular flexibility index (Phi) is 4.33. The molecule has 1 aromatic heterocycles. The molecule has 3 rings (SSSR count). The second kappa shape index (κ2) is 6.41. The molecule has 1 aliphatic rings. The summed E-state index contributed by atoms with van der Waals surface area (Å²) in [7, 11) is 0. The van der Waals surface area contributed by atoms with Crippen molar-refractivity contribution in [1.82, 2.24) is 4.98 Å². The molecule has 0 radical (unpaired) electrons. The van der Waals surface area contributed by atoms with Crippen molar-refractivity contribution in [1.29, 1.82) is 0 Å². The van der Waals surface area contributed by atoms with Gasteiger partial charge >= 0.3 is 0 Å². The molecular formula is C19H23N3O. The zero-order valence-electron chi connectivity index (χ0n) is 13.9. The number of pyridine rings is 1. The van der Waals surface area contributed by atoms with E-state index < -0.39 is 0 Å². The lowest BCUT2D eigenvalue weighted by molar-refractivity contribution is -0.118. The van der Waals surface area contributed by atoms with Crippen molar-refractivity contribution in [3.8, 4) is 0 Å². The van der Waals surface area contributed by atoms with Gasteiger partial charge in [-0.25, -0.2) is 4.98 Å². The second-order valence-corrected chi connectivity index (χ2v) is 6.18. The van der Waals surface area contributed by atoms with Crippen molar-refractivity contribution in [2.75, 3.05) is 10.2 Å². The van der Waals surface area contributed by atoms with E-state index in [0.717, 1.165) is 29.1 Å². The van der Waals surface area contributed by atoms with Gasteiger partial charge in [-0.05, 0) is 43.5 Å². The van der Waals surface area contributed by atoms with Crippen LogP contribution in [0.25, 0.3) is 0 Å². The quantitative estimate of drug-likeness (QED) is 0.929. The van der Waals surface area contributed by atoms with Crippen LogP contribution in [0.1, 0.15) is 43.9 Å². The molecule has 0 spiro atoms. The van der Waals surface area contributed by atoms with Crippen molar-refractivity contribution < 1.29 is 4.79 Å². The maximum atomic E-state index is 12.3. The lowest BCUT2D eigenvalue weighted by Crippen LogP contribution is -2.44. The molecule has 0 bridgehead atoms. The van der Waals surface area contributed by atoms with Crippen LogP contribution in [0.4, 0.5) is 11.5 Å². The summed E-state index contributed by atoms with van der Waals surface area (Å²) in [5, 5.41) is 3.52. The van der Waals surface area contributed by atoms with Gasteiger partial charge in [-0.2, -0.15) is 0 Å². The lowest BCUT2D eigenvalue weighted by atomic mass is 9.91. The highest BCUT2D eigenvalue weighted by molar-refractivity contribution is 5.95. The molecule has 1 amide bonds. The first-order valence-electron chi connectivity index (χ1n) is 8.20. The van der Waals surface area contributed by atoms with Crippen LogP contribution in [0.15, 0.2) is 42.6 Å². The number of rotatable bonds is 3. The summed E-state index contributed by atoms with van der Waals surface area (Å²) in [4.78, 5) is 18.7. The molecule has 1 aromatic carbocycles. The van der Waals surface area contributed by atoms with Gasteiger partial charge in [0.25, 0.3) is 0 Å². The van der Waals surface area contributed by atoms with E-state index in [0.29, 0.717) is 6.42 Å². The largest absolute Gasteiger partial charge is 0.363 e. The van der Waals surface area contributed by atoms with Gasteiger partial charge in [-0.1, -0.05) is 31.2 Å². The SMILES string of the molecule is CCC(=O)N1c2ccccc2[C@H](Nc2ccc(C)cn2)C[C@@H]1C. The molecule has 23 heavy (non-hydrogen) atoms. The second-order valence-electron chi connectivity index (χ2n) is 6.18. The van der Waals surface area contributed by atoms with Crippen molar-refractivity contribution in [2.24, 2.45) is 0 Å². The zero-order valence-corrected chi connectivity index (χ0v) is 13.9. The van der Waals surface area contributed by atoms with Crippen LogP contribution in [-0.2, 0) is 4.79 Å². The Labute approximate surface area is 137 Å². The van der Waals surface area contributed by atoms with Crippen LogP contribution in [0.3, 0.4) is 0 Å². The third-order valence-corrected chi connectivity index (χ3v) is 4.39. The monoisotopic (exact) mass is 309 g/mol. The molecule has 1 N–H and O–H groups in total. The fourth-order valence-electron chi connectivity index (χ4n) is 3.23. The molecule has 2 atom stereocenters. The highest BCUT2D eigenvalue weighted by Gasteiger charge is 2.32.